The third kappa shape index (κ3) is 2.79. The average molecular weight is 259 g/mol. The van der Waals surface area contributed by atoms with Crippen LogP contribution in [0.25, 0.3) is 0 Å². The third-order valence-electron chi connectivity index (χ3n) is 4.96. The van der Waals surface area contributed by atoms with E-state index in [1.165, 1.54) is 62.5 Å². The Balaban J connectivity index is 1.66. The summed E-state index contributed by atoms with van der Waals surface area (Å²) in [4.78, 5) is 0. The number of rotatable bonds is 4. The Morgan fingerprint density at radius 2 is 1.74 bits per heavy atom. The van der Waals surface area contributed by atoms with E-state index < -0.39 is 0 Å². The predicted octanol–water partition coefficient (Wildman–Crippen LogP) is 3.46. The van der Waals surface area contributed by atoms with Crippen LogP contribution in [0.4, 0.5) is 0 Å². The van der Waals surface area contributed by atoms with Gasteiger partial charge in [0.05, 0.1) is 6.61 Å². The Kier molecular flexibility index (Phi) is 3.79. The van der Waals surface area contributed by atoms with Crippen LogP contribution in [0, 0.1) is 5.41 Å². The second kappa shape index (κ2) is 5.54. The number of hydrogen-bond acceptors (Lipinski definition) is 2. The van der Waals surface area contributed by atoms with Gasteiger partial charge in [-0.15, -0.1) is 0 Å². The van der Waals surface area contributed by atoms with Crippen molar-refractivity contribution < 1.29 is 4.74 Å². The zero-order valence-corrected chi connectivity index (χ0v) is 11.8. The topological polar surface area (TPSA) is 35.2 Å². The van der Waals surface area contributed by atoms with Crippen LogP contribution in [0.1, 0.15) is 49.7 Å². The lowest BCUT2D eigenvalue weighted by molar-refractivity contribution is 0.157. The number of aryl methyl sites for hydroxylation is 2. The van der Waals surface area contributed by atoms with Crippen molar-refractivity contribution in [1.29, 1.82) is 0 Å². The first-order valence-electron chi connectivity index (χ1n) is 7.76. The lowest BCUT2D eigenvalue weighted by Crippen LogP contribution is -2.33. The van der Waals surface area contributed by atoms with Crippen LogP contribution in [-0.2, 0) is 12.8 Å². The largest absolute Gasteiger partial charge is 0.493 e. The molecule has 1 aromatic carbocycles. The summed E-state index contributed by atoms with van der Waals surface area (Å²) in [6, 6.07) is 6.66. The molecule has 2 N–H and O–H groups in total. The summed E-state index contributed by atoms with van der Waals surface area (Å²) in [7, 11) is 0. The Morgan fingerprint density at radius 3 is 2.47 bits per heavy atom. The SMILES string of the molecule is NCC1(COc2ccc3c(c2)CCCC3)CCCC1. The molecule has 2 nitrogen and oxygen atoms in total. The predicted molar refractivity (Wildman–Crippen MR) is 78.5 cm³/mol. The second-order valence-corrected chi connectivity index (χ2v) is 6.34. The maximum absolute atomic E-state index is 6.07. The Labute approximate surface area is 116 Å². The van der Waals surface area contributed by atoms with Crippen LogP contribution >= 0.6 is 0 Å². The van der Waals surface area contributed by atoms with Gasteiger partial charge in [-0.25, -0.2) is 0 Å². The Bertz CT molecular complexity index is 435. The molecule has 1 fully saturated rings. The standard InChI is InChI=1S/C17H25NO/c18-12-17(9-3-4-10-17)13-19-16-8-7-14-5-1-2-6-15(14)11-16/h7-8,11H,1-6,9-10,12-13,18H2. The van der Waals surface area contributed by atoms with Crippen molar-refractivity contribution in [2.24, 2.45) is 11.1 Å². The number of ether oxygens (including phenoxy) is 1. The molecule has 0 bridgehead atoms. The van der Waals surface area contributed by atoms with Crippen LogP contribution in [-0.4, -0.2) is 13.2 Å². The first kappa shape index (κ1) is 13.0. The molecule has 0 aromatic heterocycles. The van der Waals surface area contributed by atoms with Crippen molar-refractivity contribution >= 4 is 0 Å². The van der Waals surface area contributed by atoms with E-state index in [2.05, 4.69) is 18.2 Å². The molecule has 1 aromatic rings. The zero-order valence-electron chi connectivity index (χ0n) is 11.8. The lowest BCUT2D eigenvalue weighted by Gasteiger charge is -2.27. The van der Waals surface area contributed by atoms with Crippen LogP contribution in [0.2, 0.25) is 0 Å². The molecule has 0 atom stereocenters. The van der Waals surface area contributed by atoms with Crippen LogP contribution in [0.15, 0.2) is 18.2 Å². The van der Waals surface area contributed by atoms with Crippen molar-refractivity contribution in [1.82, 2.24) is 0 Å². The molecule has 0 amide bonds. The highest BCUT2D eigenvalue weighted by molar-refractivity contribution is 5.37. The van der Waals surface area contributed by atoms with E-state index in [1.54, 1.807) is 0 Å². The highest BCUT2D eigenvalue weighted by Crippen LogP contribution is 2.37. The first-order valence-corrected chi connectivity index (χ1v) is 7.76. The van der Waals surface area contributed by atoms with Gasteiger partial charge in [0.25, 0.3) is 0 Å². The highest BCUT2D eigenvalue weighted by Gasteiger charge is 2.33. The van der Waals surface area contributed by atoms with Gasteiger partial charge < -0.3 is 10.5 Å². The van der Waals surface area contributed by atoms with E-state index in [9.17, 15) is 0 Å². The maximum atomic E-state index is 6.07. The molecular weight excluding hydrogens is 234 g/mol. The number of hydrogen-bond donors (Lipinski definition) is 1. The normalized spacial score (nSPS) is 21.1. The van der Waals surface area contributed by atoms with E-state index in [1.807, 2.05) is 0 Å². The van der Waals surface area contributed by atoms with Crippen LogP contribution < -0.4 is 10.5 Å². The third-order valence-corrected chi connectivity index (χ3v) is 4.96. The Morgan fingerprint density at radius 1 is 1.00 bits per heavy atom. The van der Waals surface area contributed by atoms with Gasteiger partial charge in [0.1, 0.15) is 5.75 Å². The quantitative estimate of drug-likeness (QED) is 0.898. The van der Waals surface area contributed by atoms with Crippen molar-refractivity contribution in [3.8, 4) is 5.75 Å². The lowest BCUT2D eigenvalue weighted by atomic mass is 9.87. The van der Waals surface area contributed by atoms with Gasteiger partial charge in [-0.1, -0.05) is 18.9 Å². The van der Waals surface area contributed by atoms with Gasteiger partial charge >= 0.3 is 0 Å². The van der Waals surface area contributed by atoms with Gasteiger partial charge in [0, 0.05) is 12.0 Å². The van der Waals surface area contributed by atoms with E-state index in [-0.39, 0.29) is 5.41 Å². The minimum Gasteiger partial charge on any atom is -0.493 e. The molecule has 0 saturated heterocycles. The summed E-state index contributed by atoms with van der Waals surface area (Å²) in [5.41, 5.74) is 9.23. The summed E-state index contributed by atoms with van der Waals surface area (Å²) in [5.74, 6) is 1.04. The summed E-state index contributed by atoms with van der Waals surface area (Å²) in [5, 5.41) is 0. The van der Waals surface area contributed by atoms with Gasteiger partial charge in [0.2, 0.25) is 0 Å². The van der Waals surface area contributed by atoms with E-state index >= 15 is 0 Å². The van der Waals surface area contributed by atoms with E-state index in [0.717, 1.165) is 18.9 Å². The minimum atomic E-state index is 0.246. The summed E-state index contributed by atoms with van der Waals surface area (Å²) in [6.45, 7) is 1.56. The fraction of sp³-hybridized carbons (Fsp3) is 0.647. The molecule has 0 unspecified atom stereocenters. The molecule has 19 heavy (non-hydrogen) atoms. The van der Waals surface area contributed by atoms with Crippen molar-refractivity contribution in [2.45, 2.75) is 51.4 Å². The average Bonchev–Trinajstić information content (AvgIpc) is 2.94. The monoisotopic (exact) mass is 259 g/mol. The smallest absolute Gasteiger partial charge is 0.119 e. The van der Waals surface area contributed by atoms with E-state index in [0.29, 0.717) is 0 Å². The molecular formula is C17H25NO. The molecule has 2 heteroatoms. The van der Waals surface area contributed by atoms with Gasteiger partial charge in [-0.05, 0) is 61.8 Å². The minimum absolute atomic E-state index is 0.246. The molecule has 0 aliphatic heterocycles. The molecule has 1 saturated carbocycles. The summed E-state index contributed by atoms with van der Waals surface area (Å²) >= 11 is 0. The van der Waals surface area contributed by atoms with Crippen molar-refractivity contribution in [3.05, 3.63) is 29.3 Å². The maximum Gasteiger partial charge on any atom is 0.119 e. The van der Waals surface area contributed by atoms with Gasteiger partial charge in [0.15, 0.2) is 0 Å². The van der Waals surface area contributed by atoms with Crippen molar-refractivity contribution in [3.63, 3.8) is 0 Å². The van der Waals surface area contributed by atoms with Crippen LogP contribution in [0.5, 0.6) is 5.75 Å². The molecule has 0 heterocycles. The summed E-state index contributed by atoms with van der Waals surface area (Å²) in [6.07, 6.45) is 10.2. The molecule has 0 radical (unpaired) electrons. The Hall–Kier alpha value is -1.02. The number of fused-ring (bicyclic) bond motifs is 1. The van der Waals surface area contributed by atoms with E-state index in [4.69, 9.17) is 10.5 Å². The summed E-state index contributed by atoms with van der Waals surface area (Å²) < 4.78 is 6.07. The molecule has 2 aliphatic rings. The molecule has 0 spiro atoms. The first-order chi connectivity index (χ1) is 9.31. The van der Waals surface area contributed by atoms with Gasteiger partial charge in [-0.2, -0.15) is 0 Å². The fourth-order valence-corrected chi connectivity index (χ4v) is 3.57. The number of nitrogens with two attached hydrogens (primary N) is 1. The second-order valence-electron chi connectivity index (χ2n) is 6.34. The molecule has 3 rings (SSSR count). The highest BCUT2D eigenvalue weighted by atomic mass is 16.5. The molecule has 104 valence electrons. The van der Waals surface area contributed by atoms with Crippen LogP contribution in [0.3, 0.4) is 0 Å². The zero-order chi connectivity index (χ0) is 13.1. The van der Waals surface area contributed by atoms with Crippen molar-refractivity contribution in [2.75, 3.05) is 13.2 Å². The number of benzene rings is 1. The van der Waals surface area contributed by atoms with Gasteiger partial charge in [-0.3, -0.25) is 0 Å². The fourth-order valence-electron chi connectivity index (χ4n) is 3.57. The molecule has 2 aliphatic carbocycles.